The van der Waals surface area contributed by atoms with Gasteiger partial charge in [-0.3, -0.25) is 4.79 Å². The van der Waals surface area contributed by atoms with Crippen molar-refractivity contribution >= 4 is 12.0 Å². The highest BCUT2D eigenvalue weighted by Gasteiger charge is 2.32. The third kappa shape index (κ3) is 5.66. The quantitative estimate of drug-likeness (QED) is 0.607. The minimum Gasteiger partial charge on any atom is -0.444 e. The van der Waals surface area contributed by atoms with Crippen LogP contribution < -0.4 is 5.32 Å². The van der Waals surface area contributed by atoms with Crippen molar-refractivity contribution < 1.29 is 18.7 Å². The molecule has 1 saturated heterocycles. The molecule has 2 aromatic carbocycles. The molecule has 2 heterocycles. The van der Waals surface area contributed by atoms with E-state index in [4.69, 9.17) is 10.00 Å². The summed E-state index contributed by atoms with van der Waals surface area (Å²) in [5.41, 5.74) is 2.25. The number of aromatic nitrogens is 2. The molecular weight excluding hydrogens is 449 g/mol. The van der Waals surface area contributed by atoms with Crippen LogP contribution in [0.5, 0.6) is 0 Å². The van der Waals surface area contributed by atoms with Crippen molar-refractivity contribution in [3.05, 3.63) is 71.7 Å². The highest BCUT2D eigenvalue weighted by molar-refractivity contribution is 5.94. The van der Waals surface area contributed by atoms with Crippen molar-refractivity contribution in [1.82, 2.24) is 20.0 Å². The zero-order valence-electron chi connectivity index (χ0n) is 19.8. The van der Waals surface area contributed by atoms with Crippen LogP contribution in [0.15, 0.2) is 54.6 Å². The number of carbonyl (C=O) groups excluding carboxylic acids is 2. The van der Waals surface area contributed by atoms with Gasteiger partial charge in [0.05, 0.1) is 29.6 Å². The van der Waals surface area contributed by atoms with Gasteiger partial charge >= 0.3 is 6.09 Å². The lowest BCUT2D eigenvalue weighted by atomic mass is 10.1. The van der Waals surface area contributed by atoms with Crippen molar-refractivity contribution in [2.75, 3.05) is 13.1 Å². The van der Waals surface area contributed by atoms with E-state index in [1.54, 1.807) is 52.0 Å². The van der Waals surface area contributed by atoms with E-state index in [9.17, 15) is 14.0 Å². The summed E-state index contributed by atoms with van der Waals surface area (Å²) in [5.74, 6) is -0.656. The first-order chi connectivity index (χ1) is 16.6. The van der Waals surface area contributed by atoms with E-state index in [1.807, 2.05) is 20.8 Å². The van der Waals surface area contributed by atoms with Crippen LogP contribution in [0.25, 0.3) is 16.9 Å². The summed E-state index contributed by atoms with van der Waals surface area (Å²) < 4.78 is 20.6. The molecule has 8 nitrogen and oxygen atoms in total. The first-order valence-electron chi connectivity index (χ1n) is 11.3. The molecule has 1 aliphatic rings. The lowest BCUT2D eigenvalue weighted by Crippen LogP contribution is -2.42. The molecule has 35 heavy (non-hydrogen) atoms. The normalized spacial score (nSPS) is 15.5. The zero-order chi connectivity index (χ0) is 25.2. The number of halogens is 1. The second kappa shape index (κ2) is 9.58. The Bertz CT molecular complexity index is 1270. The molecule has 1 aliphatic heterocycles. The van der Waals surface area contributed by atoms with Crippen molar-refractivity contribution in [2.45, 2.75) is 38.8 Å². The van der Waals surface area contributed by atoms with Gasteiger partial charge in [0.2, 0.25) is 0 Å². The predicted octanol–water partition coefficient (Wildman–Crippen LogP) is 4.29. The molecule has 0 bridgehead atoms. The zero-order valence-corrected chi connectivity index (χ0v) is 19.8. The highest BCUT2D eigenvalue weighted by Crippen LogP contribution is 2.26. The number of nitrogens with zero attached hydrogens (tertiary/aromatic N) is 4. The number of benzene rings is 2. The second-order valence-corrected chi connectivity index (χ2v) is 9.43. The lowest BCUT2D eigenvalue weighted by Gasteiger charge is -2.22. The van der Waals surface area contributed by atoms with Gasteiger partial charge in [-0.05, 0) is 75.4 Å². The first-order valence-corrected chi connectivity index (χ1v) is 11.3. The molecule has 0 saturated carbocycles. The minimum atomic E-state index is -0.513. The van der Waals surface area contributed by atoms with Crippen LogP contribution >= 0.6 is 0 Å². The summed E-state index contributed by atoms with van der Waals surface area (Å²) in [4.78, 5) is 27.0. The van der Waals surface area contributed by atoms with Crippen LogP contribution in [0.2, 0.25) is 0 Å². The monoisotopic (exact) mass is 475 g/mol. The van der Waals surface area contributed by atoms with Gasteiger partial charge < -0.3 is 15.0 Å². The number of hydrogen-bond acceptors (Lipinski definition) is 5. The Morgan fingerprint density at radius 2 is 1.83 bits per heavy atom. The maximum absolute atomic E-state index is 13.5. The maximum Gasteiger partial charge on any atom is 0.407 e. The fourth-order valence-electron chi connectivity index (χ4n) is 3.84. The maximum atomic E-state index is 13.5. The number of ether oxygens (including phenoxy) is 1. The average Bonchev–Trinajstić information content (AvgIpc) is 3.45. The van der Waals surface area contributed by atoms with Crippen LogP contribution in [0.4, 0.5) is 9.18 Å². The number of likely N-dealkylation sites (tertiary alicyclic amines) is 1. The van der Waals surface area contributed by atoms with Gasteiger partial charge in [0.15, 0.2) is 5.69 Å². The van der Waals surface area contributed by atoms with Crippen molar-refractivity contribution in [3.8, 4) is 23.0 Å². The number of nitriles is 1. The van der Waals surface area contributed by atoms with Gasteiger partial charge in [0, 0.05) is 24.1 Å². The van der Waals surface area contributed by atoms with E-state index in [0.717, 1.165) is 0 Å². The largest absolute Gasteiger partial charge is 0.444 e. The molecule has 1 aromatic heterocycles. The Morgan fingerprint density at radius 3 is 2.46 bits per heavy atom. The summed E-state index contributed by atoms with van der Waals surface area (Å²) in [6, 6.07) is 16.5. The van der Waals surface area contributed by atoms with Crippen LogP contribution in [-0.4, -0.2) is 51.4 Å². The Balaban J connectivity index is 1.58. The molecule has 0 unspecified atom stereocenters. The molecule has 2 amide bonds. The summed E-state index contributed by atoms with van der Waals surface area (Å²) >= 11 is 0. The van der Waals surface area contributed by atoms with E-state index in [-0.39, 0.29) is 24.0 Å². The molecule has 4 rings (SSSR count). The average molecular weight is 476 g/mol. The van der Waals surface area contributed by atoms with Crippen molar-refractivity contribution in [1.29, 1.82) is 5.26 Å². The van der Waals surface area contributed by atoms with Crippen molar-refractivity contribution in [2.24, 2.45) is 0 Å². The number of alkyl carbamates (subject to hydrolysis) is 1. The molecule has 0 aliphatic carbocycles. The molecule has 1 atom stereocenters. The minimum absolute atomic E-state index is 0.216. The molecular formula is C26H26FN5O3. The Kier molecular flexibility index (Phi) is 6.56. The predicted molar refractivity (Wildman–Crippen MR) is 127 cm³/mol. The lowest BCUT2D eigenvalue weighted by molar-refractivity contribution is 0.0711. The fraction of sp³-hybridized carbons (Fsp3) is 0.308. The van der Waals surface area contributed by atoms with Gasteiger partial charge in [0.25, 0.3) is 5.91 Å². The molecule has 0 spiro atoms. The van der Waals surface area contributed by atoms with E-state index in [0.29, 0.717) is 35.5 Å². The highest BCUT2D eigenvalue weighted by atomic mass is 19.1. The van der Waals surface area contributed by atoms with Gasteiger partial charge in [-0.1, -0.05) is 0 Å². The summed E-state index contributed by atoms with van der Waals surface area (Å²) in [7, 11) is 0. The van der Waals surface area contributed by atoms with Crippen LogP contribution in [0.3, 0.4) is 0 Å². The number of carbonyl (C=O) groups is 2. The number of rotatable bonds is 4. The topological polar surface area (TPSA) is 100 Å². The molecule has 1 N–H and O–H groups in total. The van der Waals surface area contributed by atoms with E-state index < -0.39 is 17.7 Å². The van der Waals surface area contributed by atoms with Gasteiger partial charge in [-0.2, -0.15) is 10.4 Å². The van der Waals surface area contributed by atoms with Crippen LogP contribution in [0.1, 0.15) is 43.2 Å². The van der Waals surface area contributed by atoms with Gasteiger partial charge in [-0.25, -0.2) is 13.9 Å². The molecule has 3 aromatic rings. The molecule has 0 radical (unpaired) electrons. The SMILES string of the molecule is CC(C)(C)NC(=O)O[C@H]1CCN(C(=O)c2cc(-c3ccc(F)cc3)n(-c3ccc(C#N)cc3)n2)C1. The number of nitrogens with one attached hydrogen (secondary N) is 1. The Morgan fingerprint density at radius 1 is 1.14 bits per heavy atom. The standard InChI is InChI=1S/C26H26FN5O3/c1-26(2,3)29-25(34)35-21-12-13-31(16-21)24(33)22-14-23(18-6-8-19(27)9-7-18)32(30-22)20-10-4-17(15-28)5-11-20/h4-11,14,21H,12-13,16H2,1-3H3,(H,29,34)/t21-/m0/s1. The van der Waals surface area contributed by atoms with Crippen LogP contribution in [0, 0.1) is 17.1 Å². The summed E-state index contributed by atoms with van der Waals surface area (Å²) in [5, 5.41) is 16.4. The molecule has 1 fully saturated rings. The number of hydrogen-bond donors (Lipinski definition) is 1. The van der Waals surface area contributed by atoms with E-state index in [2.05, 4.69) is 16.5 Å². The van der Waals surface area contributed by atoms with Crippen molar-refractivity contribution in [3.63, 3.8) is 0 Å². The summed E-state index contributed by atoms with van der Waals surface area (Å²) in [6.07, 6.45) is -0.385. The van der Waals surface area contributed by atoms with Gasteiger partial charge in [-0.15, -0.1) is 0 Å². The van der Waals surface area contributed by atoms with Crippen LogP contribution in [-0.2, 0) is 4.74 Å². The molecule has 9 heteroatoms. The Hall–Kier alpha value is -4.19. The summed E-state index contributed by atoms with van der Waals surface area (Å²) in [6.45, 7) is 6.29. The van der Waals surface area contributed by atoms with E-state index in [1.165, 1.54) is 12.1 Å². The van der Waals surface area contributed by atoms with E-state index >= 15 is 0 Å². The number of amides is 2. The second-order valence-electron chi connectivity index (χ2n) is 9.43. The fourth-order valence-corrected chi connectivity index (χ4v) is 3.84. The third-order valence-corrected chi connectivity index (χ3v) is 5.49. The smallest absolute Gasteiger partial charge is 0.407 e. The Labute approximate surface area is 202 Å². The first kappa shape index (κ1) is 24.0. The van der Waals surface area contributed by atoms with Gasteiger partial charge in [0.1, 0.15) is 11.9 Å². The third-order valence-electron chi connectivity index (χ3n) is 5.49. The molecule has 180 valence electrons.